The summed E-state index contributed by atoms with van der Waals surface area (Å²) in [6, 6.07) is 8.35. The van der Waals surface area contributed by atoms with Crippen molar-refractivity contribution in [2.75, 3.05) is 0 Å². The molecule has 0 unspecified atom stereocenters. The van der Waals surface area contributed by atoms with Gasteiger partial charge >= 0.3 is 0 Å². The summed E-state index contributed by atoms with van der Waals surface area (Å²) in [5.74, 6) is 0. The maximum atomic E-state index is 5.70. The molecule has 1 aromatic carbocycles. The van der Waals surface area contributed by atoms with E-state index >= 15 is 0 Å². The van der Waals surface area contributed by atoms with Crippen molar-refractivity contribution in [1.29, 1.82) is 0 Å². The smallest absolute Gasteiger partial charge is 0.0787 e. The lowest BCUT2D eigenvalue weighted by molar-refractivity contribution is 0.522. The molecular weight excluding hydrogens is 190 g/mol. The lowest BCUT2D eigenvalue weighted by atomic mass is 9.84. The highest BCUT2D eigenvalue weighted by atomic mass is 32.1. The van der Waals surface area contributed by atoms with Crippen LogP contribution in [0.4, 0.5) is 0 Å². The van der Waals surface area contributed by atoms with Gasteiger partial charge in [-0.3, -0.25) is 0 Å². The van der Waals surface area contributed by atoms with Crippen LogP contribution in [0.3, 0.4) is 0 Å². The van der Waals surface area contributed by atoms with Gasteiger partial charge in [0.2, 0.25) is 0 Å². The Morgan fingerprint density at radius 2 is 1.93 bits per heavy atom. The summed E-state index contributed by atoms with van der Waals surface area (Å²) in [6.07, 6.45) is 0.912. The van der Waals surface area contributed by atoms with Gasteiger partial charge in [0, 0.05) is 5.41 Å². The van der Waals surface area contributed by atoms with E-state index in [9.17, 15) is 0 Å². The fourth-order valence-corrected chi connectivity index (χ4v) is 1.44. The molecule has 0 bridgehead atoms. The summed E-state index contributed by atoms with van der Waals surface area (Å²) >= 11 is 5.05. The van der Waals surface area contributed by atoms with Gasteiger partial charge < -0.3 is 5.73 Å². The molecule has 0 atom stereocenters. The monoisotopic (exact) mass is 207 g/mol. The quantitative estimate of drug-likeness (QED) is 0.771. The Labute approximate surface area is 91.3 Å². The highest BCUT2D eigenvalue weighted by Crippen LogP contribution is 2.23. The minimum absolute atomic E-state index is 0.0958. The van der Waals surface area contributed by atoms with Crippen molar-refractivity contribution >= 4 is 17.2 Å². The van der Waals surface area contributed by atoms with Gasteiger partial charge in [0.15, 0.2) is 0 Å². The van der Waals surface area contributed by atoms with Gasteiger partial charge in [-0.2, -0.15) is 0 Å². The van der Waals surface area contributed by atoms with Crippen LogP contribution in [-0.2, 0) is 6.42 Å². The Bertz CT molecular complexity index is 342. The number of rotatable bonds is 3. The average molecular weight is 207 g/mol. The van der Waals surface area contributed by atoms with E-state index in [2.05, 4.69) is 39.0 Å². The first kappa shape index (κ1) is 11.2. The van der Waals surface area contributed by atoms with E-state index in [4.69, 9.17) is 18.0 Å². The average Bonchev–Trinajstić information content (AvgIpc) is 2.08. The Morgan fingerprint density at radius 3 is 2.43 bits per heavy atom. The van der Waals surface area contributed by atoms with E-state index in [1.54, 1.807) is 0 Å². The number of benzene rings is 1. The van der Waals surface area contributed by atoms with Crippen LogP contribution in [0.5, 0.6) is 0 Å². The molecule has 0 saturated heterocycles. The van der Waals surface area contributed by atoms with Gasteiger partial charge in [-0.05, 0) is 24.5 Å². The van der Waals surface area contributed by atoms with Crippen LogP contribution < -0.4 is 5.73 Å². The van der Waals surface area contributed by atoms with Crippen molar-refractivity contribution in [1.82, 2.24) is 0 Å². The molecule has 0 heterocycles. The van der Waals surface area contributed by atoms with Crippen LogP contribution in [0.2, 0.25) is 0 Å². The molecule has 1 nitrogen and oxygen atoms in total. The van der Waals surface area contributed by atoms with Crippen LogP contribution in [0.15, 0.2) is 24.3 Å². The maximum absolute atomic E-state index is 5.70. The second kappa shape index (κ2) is 4.09. The van der Waals surface area contributed by atoms with Gasteiger partial charge in [-0.15, -0.1) is 0 Å². The van der Waals surface area contributed by atoms with Crippen LogP contribution in [-0.4, -0.2) is 4.99 Å². The van der Waals surface area contributed by atoms with E-state index < -0.39 is 0 Å². The van der Waals surface area contributed by atoms with Crippen LogP contribution in [0.25, 0.3) is 0 Å². The predicted octanol–water partition coefficient (Wildman–Crippen LogP) is 2.85. The Hall–Kier alpha value is -0.890. The maximum Gasteiger partial charge on any atom is 0.0787 e. The van der Waals surface area contributed by atoms with Crippen molar-refractivity contribution < 1.29 is 0 Å². The molecule has 1 rings (SSSR count). The zero-order valence-electron chi connectivity index (χ0n) is 9.00. The first-order chi connectivity index (χ1) is 6.43. The topological polar surface area (TPSA) is 26.0 Å². The minimum Gasteiger partial charge on any atom is -0.393 e. The predicted molar refractivity (Wildman–Crippen MR) is 65.4 cm³/mol. The molecule has 0 aliphatic carbocycles. The second-order valence-corrected chi connectivity index (χ2v) is 4.79. The molecule has 2 N–H and O–H groups in total. The molecule has 0 amide bonds. The van der Waals surface area contributed by atoms with Gasteiger partial charge in [0.05, 0.1) is 4.99 Å². The van der Waals surface area contributed by atoms with Gasteiger partial charge in [-0.25, -0.2) is 0 Å². The molecule has 1 aromatic rings. The fraction of sp³-hybridized carbons (Fsp3) is 0.417. The number of aryl methyl sites for hydroxylation is 1. The normalized spacial score (nSPS) is 11.4. The van der Waals surface area contributed by atoms with Crippen molar-refractivity contribution in [2.45, 2.75) is 27.2 Å². The highest BCUT2D eigenvalue weighted by molar-refractivity contribution is 7.80. The summed E-state index contributed by atoms with van der Waals surface area (Å²) in [6.45, 7) is 6.29. The molecule has 2 heteroatoms. The standard InChI is InChI=1S/C12H17NS/c1-9-6-4-5-7-10(9)8-12(2,3)11(13)14/h4-7H,8H2,1-3H3,(H2,13,14). The summed E-state index contributed by atoms with van der Waals surface area (Å²) in [5.41, 5.74) is 8.23. The third kappa shape index (κ3) is 2.55. The molecule has 0 aromatic heterocycles. The Balaban J connectivity index is 2.89. The lowest BCUT2D eigenvalue weighted by Gasteiger charge is -2.23. The third-order valence-corrected chi connectivity index (χ3v) is 3.11. The summed E-state index contributed by atoms with van der Waals surface area (Å²) in [5, 5.41) is 0. The lowest BCUT2D eigenvalue weighted by Crippen LogP contribution is -2.31. The molecule has 0 fully saturated rings. The summed E-state index contributed by atoms with van der Waals surface area (Å²) < 4.78 is 0. The molecule has 0 radical (unpaired) electrons. The van der Waals surface area contributed by atoms with Crippen LogP contribution >= 0.6 is 12.2 Å². The van der Waals surface area contributed by atoms with E-state index in [1.807, 2.05) is 6.07 Å². The number of hydrogen-bond acceptors (Lipinski definition) is 1. The van der Waals surface area contributed by atoms with Crippen molar-refractivity contribution in [3.05, 3.63) is 35.4 Å². The van der Waals surface area contributed by atoms with Gasteiger partial charge in [0.1, 0.15) is 0 Å². The zero-order valence-corrected chi connectivity index (χ0v) is 9.82. The largest absolute Gasteiger partial charge is 0.393 e. The first-order valence-corrected chi connectivity index (χ1v) is 5.19. The summed E-state index contributed by atoms with van der Waals surface area (Å²) in [4.78, 5) is 0.584. The fourth-order valence-electron chi connectivity index (χ4n) is 1.37. The number of hydrogen-bond donors (Lipinski definition) is 1. The number of nitrogens with two attached hydrogens (primary N) is 1. The SMILES string of the molecule is Cc1ccccc1CC(C)(C)C(N)=S. The molecule has 76 valence electrons. The second-order valence-electron chi connectivity index (χ2n) is 4.35. The van der Waals surface area contributed by atoms with E-state index in [0.29, 0.717) is 4.99 Å². The molecule has 0 aliphatic heterocycles. The van der Waals surface area contributed by atoms with Crippen molar-refractivity contribution in [3.8, 4) is 0 Å². The van der Waals surface area contributed by atoms with Crippen LogP contribution in [0.1, 0.15) is 25.0 Å². The van der Waals surface area contributed by atoms with E-state index in [0.717, 1.165) is 6.42 Å². The molecule has 14 heavy (non-hydrogen) atoms. The number of thiocarbonyl (C=S) groups is 1. The highest BCUT2D eigenvalue weighted by Gasteiger charge is 2.22. The van der Waals surface area contributed by atoms with E-state index in [-0.39, 0.29) is 5.41 Å². The Kier molecular flexibility index (Phi) is 3.27. The first-order valence-electron chi connectivity index (χ1n) is 4.78. The Morgan fingerprint density at radius 1 is 1.36 bits per heavy atom. The zero-order chi connectivity index (χ0) is 10.8. The van der Waals surface area contributed by atoms with Gasteiger partial charge in [-0.1, -0.05) is 50.3 Å². The third-order valence-electron chi connectivity index (χ3n) is 2.56. The molecule has 0 aliphatic rings. The minimum atomic E-state index is -0.0958. The summed E-state index contributed by atoms with van der Waals surface area (Å²) in [7, 11) is 0. The van der Waals surface area contributed by atoms with Crippen molar-refractivity contribution in [2.24, 2.45) is 11.1 Å². The van der Waals surface area contributed by atoms with E-state index in [1.165, 1.54) is 11.1 Å². The molecular formula is C12H17NS. The molecule has 0 saturated carbocycles. The van der Waals surface area contributed by atoms with Gasteiger partial charge in [0.25, 0.3) is 0 Å². The van der Waals surface area contributed by atoms with Crippen molar-refractivity contribution in [3.63, 3.8) is 0 Å². The van der Waals surface area contributed by atoms with Crippen LogP contribution in [0, 0.1) is 12.3 Å². The molecule has 0 spiro atoms.